The molecule has 2 aromatic carbocycles. The molecule has 3 rings (SSSR count). The smallest absolute Gasteiger partial charge is 0.242 e. The molecule has 2 aromatic rings. The SMILES string of the molecule is C[C@H]1S/C(=N\N=C/c2ccc(Br)cc2)N(Cc2ccc(F)cc2)C1=O. The average Bonchev–Trinajstić information content (AvgIpc) is 2.86. The lowest BCUT2D eigenvalue weighted by Gasteiger charge is -2.15. The quantitative estimate of drug-likeness (QED) is 0.542. The van der Waals surface area contributed by atoms with E-state index >= 15 is 0 Å². The van der Waals surface area contributed by atoms with Crippen LogP contribution in [0.15, 0.2) is 63.2 Å². The van der Waals surface area contributed by atoms with Crippen molar-refractivity contribution in [3.63, 3.8) is 0 Å². The third kappa shape index (κ3) is 4.55. The first-order valence-corrected chi connectivity index (χ1v) is 9.29. The van der Waals surface area contributed by atoms with E-state index < -0.39 is 0 Å². The fourth-order valence-electron chi connectivity index (χ4n) is 2.28. The lowest BCUT2D eigenvalue weighted by molar-refractivity contribution is -0.126. The van der Waals surface area contributed by atoms with Gasteiger partial charge in [0.25, 0.3) is 0 Å². The van der Waals surface area contributed by atoms with Gasteiger partial charge in [0.15, 0.2) is 5.17 Å². The zero-order chi connectivity index (χ0) is 17.8. The summed E-state index contributed by atoms with van der Waals surface area (Å²) in [6.07, 6.45) is 1.64. The molecule has 1 amide bonds. The van der Waals surface area contributed by atoms with Gasteiger partial charge in [0.2, 0.25) is 5.91 Å². The highest BCUT2D eigenvalue weighted by Crippen LogP contribution is 2.28. The van der Waals surface area contributed by atoms with E-state index in [1.54, 1.807) is 23.2 Å². The molecule has 0 aromatic heterocycles. The summed E-state index contributed by atoms with van der Waals surface area (Å²) in [5.74, 6) is -0.320. The van der Waals surface area contributed by atoms with Gasteiger partial charge in [-0.2, -0.15) is 5.10 Å². The number of halogens is 2. The van der Waals surface area contributed by atoms with Gasteiger partial charge in [-0.3, -0.25) is 9.69 Å². The van der Waals surface area contributed by atoms with E-state index in [0.29, 0.717) is 11.7 Å². The summed E-state index contributed by atoms with van der Waals surface area (Å²) < 4.78 is 14.0. The summed E-state index contributed by atoms with van der Waals surface area (Å²) >= 11 is 4.75. The number of thioether (sulfide) groups is 1. The van der Waals surface area contributed by atoms with E-state index in [1.807, 2.05) is 31.2 Å². The molecule has 1 atom stereocenters. The van der Waals surface area contributed by atoms with Gasteiger partial charge in [-0.15, -0.1) is 5.10 Å². The van der Waals surface area contributed by atoms with Crippen molar-refractivity contribution in [2.24, 2.45) is 10.2 Å². The first-order valence-electron chi connectivity index (χ1n) is 7.62. The molecule has 1 fully saturated rings. The van der Waals surface area contributed by atoms with E-state index in [4.69, 9.17) is 0 Å². The third-order valence-electron chi connectivity index (χ3n) is 3.60. The molecule has 0 bridgehead atoms. The van der Waals surface area contributed by atoms with Gasteiger partial charge in [0.05, 0.1) is 18.0 Å². The van der Waals surface area contributed by atoms with Crippen molar-refractivity contribution in [2.45, 2.75) is 18.7 Å². The van der Waals surface area contributed by atoms with Crippen LogP contribution >= 0.6 is 27.7 Å². The van der Waals surface area contributed by atoms with Crippen LogP contribution in [0.25, 0.3) is 0 Å². The molecule has 0 spiro atoms. The molecule has 7 heteroatoms. The van der Waals surface area contributed by atoms with Gasteiger partial charge < -0.3 is 0 Å². The van der Waals surface area contributed by atoms with Crippen molar-refractivity contribution < 1.29 is 9.18 Å². The number of benzene rings is 2. The fraction of sp³-hybridized carbons (Fsp3) is 0.167. The van der Waals surface area contributed by atoms with Gasteiger partial charge in [-0.05, 0) is 42.3 Å². The first kappa shape index (κ1) is 17.8. The maximum absolute atomic E-state index is 13.0. The van der Waals surface area contributed by atoms with Gasteiger partial charge in [0, 0.05) is 4.47 Å². The molecule has 128 valence electrons. The molecule has 1 heterocycles. The molecule has 1 aliphatic rings. The zero-order valence-electron chi connectivity index (χ0n) is 13.4. The summed E-state index contributed by atoms with van der Waals surface area (Å²) in [6.45, 7) is 2.19. The van der Waals surface area contributed by atoms with Gasteiger partial charge in [-0.1, -0.05) is 52.0 Å². The topological polar surface area (TPSA) is 45.0 Å². The van der Waals surface area contributed by atoms with Crippen LogP contribution in [-0.4, -0.2) is 27.4 Å². The Labute approximate surface area is 158 Å². The second kappa shape index (κ2) is 7.93. The van der Waals surface area contributed by atoms with Crippen LogP contribution in [0.4, 0.5) is 4.39 Å². The van der Waals surface area contributed by atoms with Crippen LogP contribution in [0.2, 0.25) is 0 Å². The van der Waals surface area contributed by atoms with Crippen molar-refractivity contribution in [2.75, 3.05) is 0 Å². The molecular formula is C18H15BrFN3OS. The van der Waals surface area contributed by atoms with Crippen LogP contribution < -0.4 is 0 Å². The molecule has 25 heavy (non-hydrogen) atoms. The predicted octanol–water partition coefficient (Wildman–Crippen LogP) is 4.44. The zero-order valence-corrected chi connectivity index (χ0v) is 15.8. The molecule has 1 aliphatic heterocycles. The lowest BCUT2D eigenvalue weighted by atomic mass is 10.2. The maximum atomic E-state index is 13.0. The van der Waals surface area contributed by atoms with E-state index in [2.05, 4.69) is 26.1 Å². The Morgan fingerprint density at radius 1 is 1.20 bits per heavy atom. The molecule has 0 N–H and O–H groups in total. The van der Waals surface area contributed by atoms with E-state index in [0.717, 1.165) is 15.6 Å². The summed E-state index contributed by atoms with van der Waals surface area (Å²) in [7, 11) is 0. The maximum Gasteiger partial charge on any atom is 0.242 e. The Kier molecular flexibility index (Phi) is 5.65. The number of rotatable bonds is 4. The Morgan fingerprint density at radius 3 is 2.56 bits per heavy atom. The average molecular weight is 420 g/mol. The minimum absolute atomic E-state index is 0.0214. The number of amides is 1. The summed E-state index contributed by atoms with van der Waals surface area (Å²) in [5.41, 5.74) is 1.76. The molecule has 0 unspecified atom stereocenters. The minimum atomic E-state index is -0.299. The Bertz CT molecular complexity index is 821. The van der Waals surface area contributed by atoms with Crippen LogP contribution in [0.1, 0.15) is 18.1 Å². The highest BCUT2D eigenvalue weighted by atomic mass is 79.9. The number of hydrogen-bond acceptors (Lipinski definition) is 4. The van der Waals surface area contributed by atoms with E-state index in [9.17, 15) is 9.18 Å². The summed E-state index contributed by atoms with van der Waals surface area (Å²) in [6, 6.07) is 13.8. The van der Waals surface area contributed by atoms with Crippen molar-refractivity contribution in [3.8, 4) is 0 Å². The van der Waals surface area contributed by atoms with Crippen LogP contribution in [0.3, 0.4) is 0 Å². The largest absolute Gasteiger partial charge is 0.284 e. The van der Waals surface area contributed by atoms with Crippen LogP contribution in [-0.2, 0) is 11.3 Å². The molecule has 4 nitrogen and oxygen atoms in total. The summed E-state index contributed by atoms with van der Waals surface area (Å²) in [4.78, 5) is 13.9. The lowest BCUT2D eigenvalue weighted by Crippen LogP contribution is -2.30. The number of hydrogen-bond donors (Lipinski definition) is 0. The number of carbonyl (C=O) groups is 1. The Balaban J connectivity index is 1.76. The van der Waals surface area contributed by atoms with Crippen molar-refractivity contribution in [3.05, 3.63) is 69.9 Å². The van der Waals surface area contributed by atoms with E-state index in [1.165, 1.54) is 23.9 Å². The van der Waals surface area contributed by atoms with Crippen molar-refractivity contribution >= 4 is 45.0 Å². The van der Waals surface area contributed by atoms with Crippen molar-refractivity contribution in [1.29, 1.82) is 0 Å². The monoisotopic (exact) mass is 419 g/mol. The first-order chi connectivity index (χ1) is 12.0. The fourth-order valence-corrected chi connectivity index (χ4v) is 3.46. The van der Waals surface area contributed by atoms with Gasteiger partial charge >= 0.3 is 0 Å². The molecule has 0 saturated carbocycles. The Morgan fingerprint density at radius 2 is 1.88 bits per heavy atom. The molecule has 0 aliphatic carbocycles. The van der Waals surface area contributed by atoms with Crippen LogP contribution in [0, 0.1) is 5.82 Å². The predicted molar refractivity (Wildman–Crippen MR) is 103 cm³/mol. The third-order valence-corrected chi connectivity index (χ3v) is 5.20. The number of amidine groups is 1. The van der Waals surface area contributed by atoms with Gasteiger partial charge in [0.1, 0.15) is 5.82 Å². The second-order valence-corrected chi connectivity index (χ2v) is 7.71. The minimum Gasteiger partial charge on any atom is -0.284 e. The highest BCUT2D eigenvalue weighted by molar-refractivity contribution is 9.10. The van der Waals surface area contributed by atoms with Gasteiger partial charge in [-0.25, -0.2) is 4.39 Å². The van der Waals surface area contributed by atoms with E-state index in [-0.39, 0.29) is 17.0 Å². The molecular weight excluding hydrogens is 405 g/mol. The standard InChI is InChI=1S/C18H15BrFN3OS/c1-12-17(24)23(11-14-4-8-16(20)9-5-14)18(25-12)22-21-10-13-2-6-15(19)7-3-13/h2-10,12H,11H2,1H3/b21-10-,22-18-/t12-/m1/s1. The van der Waals surface area contributed by atoms with Crippen LogP contribution in [0.5, 0.6) is 0 Å². The Hall–Kier alpha value is -1.99. The molecule has 1 saturated heterocycles. The number of nitrogens with zero attached hydrogens (tertiary/aromatic N) is 3. The molecule has 0 radical (unpaired) electrons. The number of carbonyl (C=O) groups excluding carboxylic acids is 1. The second-order valence-electron chi connectivity index (χ2n) is 5.49. The highest BCUT2D eigenvalue weighted by Gasteiger charge is 2.35. The normalized spacial score (nSPS) is 19.3. The summed E-state index contributed by atoms with van der Waals surface area (Å²) in [5, 5.41) is 8.65. The van der Waals surface area contributed by atoms with Crippen molar-refractivity contribution in [1.82, 2.24) is 4.90 Å².